The van der Waals surface area contributed by atoms with Crippen LogP contribution in [0.5, 0.6) is 5.75 Å². The van der Waals surface area contributed by atoms with Gasteiger partial charge in [-0.2, -0.15) is 0 Å². The van der Waals surface area contributed by atoms with Gasteiger partial charge in [0.25, 0.3) is 0 Å². The minimum absolute atomic E-state index is 0.0435. The monoisotopic (exact) mass is 389 g/mol. The molecule has 0 bridgehead atoms. The summed E-state index contributed by atoms with van der Waals surface area (Å²) in [7, 11) is 1.90. The maximum absolute atomic E-state index is 12.6. The molecule has 6 nitrogen and oxygen atoms in total. The molecule has 1 aromatic carbocycles. The van der Waals surface area contributed by atoms with Gasteiger partial charge in [0.05, 0.1) is 6.61 Å². The summed E-state index contributed by atoms with van der Waals surface area (Å²) in [6, 6.07) is 8.44. The van der Waals surface area contributed by atoms with E-state index in [1.807, 2.05) is 36.2 Å². The smallest absolute Gasteiger partial charge is 0.321 e. The van der Waals surface area contributed by atoms with Crippen LogP contribution in [0.1, 0.15) is 39.5 Å². The third-order valence-electron chi connectivity index (χ3n) is 6.19. The number of ether oxygens (including phenoxy) is 2. The van der Waals surface area contributed by atoms with Gasteiger partial charge in [-0.15, -0.1) is 0 Å². The molecule has 2 aliphatic rings. The van der Waals surface area contributed by atoms with Gasteiger partial charge in [0, 0.05) is 44.6 Å². The van der Waals surface area contributed by atoms with Crippen molar-refractivity contribution < 1.29 is 14.3 Å². The molecule has 0 aliphatic carbocycles. The summed E-state index contributed by atoms with van der Waals surface area (Å²) in [6.07, 6.45) is 4.18. The minimum Gasteiger partial charge on any atom is -0.493 e. The fourth-order valence-electron chi connectivity index (χ4n) is 4.16. The van der Waals surface area contributed by atoms with E-state index in [2.05, 4.69) is 24.1 Å². The maximum atomic E-state index is 12.6. The van der Waals surface area contributed by atoms with E-state index in [0.29, 0.717) is 18.0 Å². The van der Waals surface area contributed by atoms with Gasteiger partial charge >= 0.3 is 6.03 Å². The zero-order valence-electron chi connectivity index (χ0n) is 17.5. The fraction of sp³-hybridized carbons (Fsp3) is 0.682. The van der Waals surface area contributed by atoms with Crippen LogP contribution in [-0.4, -0.2) is 67.9 Å². The number of likely N-dealkylation sites (tertiary alicyclic amines) is 1. The molecule has 3 rings (SSSR count). The summed E-state index contributed by atoms with van der Waals surface area (Å²) >= 11 is 0. The standard InChI is InChI=1S/C22H35N3O3/c1-4-25-12-9-20(15-17(25)2)24(3)22(26)23-19-5-7-21(8-6-19)28-16-18-10-13-27-14-11-18/h5-8,17-18,20H,4,9-16H2,1-3H3,(H,23,26). The molecule has 1 N–H and O–H groups in total. The molecule has 0 spiro atoms. The minimum atomic E-state index is -0.0435. The molecule has 2 unspecified atom stereocenters. The van der Waals surface area contributed by atoms with E-state index in [0.717, 1.165) is 70.0 Å². The van der Waals surface area contributed by atoms with E-state index in [1.165, 1.54) is 0 Å². The summed E-state index contributed by atoms with van der Waals surface area (Å²) in [5.74, 6) is 1.42. The Morgan fingerprint density at radius 2 is 1.96 bits per heavy atom. The van der Waals surface area contributed by atoms with Crippen LogP contribution < -0.4 is 10.1 Å². The average molecular weight is 390 g/mol. The molecule has 2 saturated heterocycles. The van der Waals surface area contributed by atoms with Crippen molar-refractivity contribution in [1.29, 1.82) is 0 Å². The van der Waals surface area contributed by atoms with Gasteiger partial charge in [-0.3, -0.25) is 0 Å². The molecule has 0 saturated carbocycles. The molecule has 28 heavy (non-hydrogen) atoms. The number of hydrogen-bond acceptors (Lipinski definition) is 4. The summed E-state index contributed by atoms with van der Waals surface area (Å²) in [6.45, 7) is 8.98. The number of benzene rings is 1. The largest absolute Gasteiger partial charge is 0.493 e. The molecular weight excluding hydrogens is 354 g/mol. The predicted octanol–water partition coefficient (Wildman–Crippen LogP) is 3.83. The Balaban J connectivity index is 1.45. The molecule has 0 radical (unpaired) electrons. The Hall–Kier alpha value is -1.79. The molecule has 2 atom stereocenters. The van der Waals surface area contributed by atoms with E-state index >= 15 is 0 Å². The fourth-order valence-corrected chi connectivity index (χ4v) is 4.16. The van der Waals surface area contributed by atoms with Crippen LogP contribution in [0.4, 0.5) is 10.5 Å². The van der Waals surface area contributed by atoms with Gasteiger partial charge < -0.3 is 24.6 Å². The number of hydrogen-bond donors (Lipinski definition) is 1. The highest BCUT2D eigenvalue weighted by Crippen LogP contribution is 2.23. The summed E-state index contributed by atoms with van der Waals surface area (Å²) in [4.78, 5) is 17.0. The maximum Gasteiger partial charge on any atom is 0.321 e. The number of piperidine rings is 1. The number of carbonyl (C=O) groups excluding carboxylic acids is 1. The quantitative estimate of drug-likeness (QED) is 0.803. The lowest BCUT2D eigenvalue weighted by atomic mass is 9.97. The van der Waals surface area contributed by atoms with E-state index in [4.69, 9.17) is 9.47 Å². The van der Waals surface area contributed by atoms with Crippen LogP contribution in [0, 0.1) is 5.92 Å². The van der Waals surface area contributed by atoms with Crippen LogP contribution in [0.25, 0.3) is 0 Å². The van der Waals surface area contributed by atoms with Gasteiger partial charge in [-0.1, -0.05) is 6.92 Å². The van der Waals surface area contributed by atoms with Crippen molar-refractivity contribution in [3.8, 4) is 5.75 Å². The lowest BCUT2D eigenvalue weighted by Gasteiger charge is -2.40. The van der Waals surface area contributed by atoms with Gasteiger partial charge in [0.2, 0.25) is 0 Å². The molecule has 2 aliphatic heterocycles. The second-order valence-corrected chi connectivity index (χ2v) is 8.09. The van der Waals surface area contributed by atoms with Gasteiger partial charge in [-0.25, -0.2) is 4.79 Å². The summed E-state index contributed by atoms with van der Waals surface area (Å²) < 4.78 is 11.3. The molecule has 2 amide bonds. The Kier molecular flexibility index (Phi) is 7.57. The number of urea groups is 1. The lowest BCUT2D eigenvalue weighted by Crippen LogP contribution is -2.50. The summed E-state index contributed by atoms with van der Waals surface area (Å²) in [5, 5.41) is 3.01. The first-order chi connectivity index (χ1) is 13.6. The van der Waals surface area contributed by atoms with Crippen LogP contribution in [0.2, 0.25) is 0 Å². The normalized spacial score (nSPS) is 24.0. The van der Waals surface area contributed by atoms with Crippen LogP contribution >= 0.6 is 0 Å². The van der Waals surface area contributed by atoms with E-state index < -0.39 is 0 Å². The number of rotatable bonds is 6. The molecule has 2 heterocycles. The number of nitrogens with one attached hydrogen (secondary N) is 1. The van der Waals surface area contributed by atoms with E-state index in [-0.39, 0.29) is 6.03 Å². The molecule has 2 fully saturated rings. The SMILES string of the molecule is CCN1CCC(N(C)C(=O)Nc2ccc(OCC3CCOCC3)cc2)CC1C. The highest BCUT2D eigenvalue weighted by molar-refractivity contribution is 5.89. The van der Waals surface area contributed by atoms with E-state index in [9.17, 15) is 4.79 Å². The first-order valence-corrected chi connectivity index (χ1v) is 10.6. The van der Waals surface area contributed by atoms with Crippen molar-refractivity contribution in [2.75, 3.05) is 45.3 Å². The summed E-state index contributed by atoms with van der Waals surface area (Å²) in [5.41, 5.74) is 0.800. The third kappa shape index (κ3) is 5.61. The molecule has 6 heteroatoms. The molecular formula is C22H35N3O3. The molecule has 0 aromatic heterocycles. The van der Waals surface area contributed by atoms with E-state index in [1.54, 1.807) is 0 Å². The average Bonchev–Trinajstić information content (AvgIpc) is 2.73. The van der Waals surface area contributed by atoms with Crippen molar-refractivity contribution in [1.82, 2.24) is 9.80 Å². The second-order valence-electron chi connectivity index (χ2n) is 8.09. The van der Waals surface area contributed by atoms with Crippen LogP contribution in [0.3, 0.4) is 0 Å². The number of amides is 2. The van der Waals surface area contributed by atoms with Crippen molar-refractivity contribution >= 4 is 11.7 Å². The lowest BCUT2D eigenvalue weighted by molar-refractivity contribution is 0.0497. The molecule has 1 aromatic rings. The Morgan fingerprint density at radius 3 is 2.61 bits per heavy atom. The number of anilines is 1. The zero-order chi connectivity index (χ0) is 19.9. The third-order valence-corrected chi connectivity index (χ3v) is 6.19. The Bertz CT molecular complexity index is 616. The predicted molar refractivity (Wildman–Crippen MR) is 112 cm³/mol. The highest BCUT2D eigenvalue weighted by atomic mass is 16.5. The highest BCUT2D eigenvalue weighted by Gasteiger charge is 2.29. The van der Waals surface area contributed by atoms with Crippen molar-refractivity contribution in [2.24, 2.45) is 5.92 Å². The van der Waals surface area contributed by atoms with Gasteiger partial charge in [0.1, 0.15) is 5.75 Å². The topological polar surface area (TPSA) is 54.0 Å². The van der Waals surface area contributed by atoms with Crippen LogP contribution in [0.15, 0.2) is 24.3 Å². The zero-order valence-corrected chi connectivity index (χ0v) is 17.5. The number of carbonyl (C=O) groups is 1. The Labute approximate surface area is 169 Å². The first-order valence-electron chi connectivity index (χ1n) is 10.6. The molecule has 156 valence electrons. The van der Waals surface area contributed by atoms with Crippen LogP contribution in [-0.2, 0) is 4.74 Å². The number of nitrogens with zero attached hydrogens (tertiary/aromatic N) is 2. The van der Waals surface area contributed by atoms with Crippen molar-refractivity contribution in [3.05, 3.63) is 24.3 Å². The Morgan fingerprint density at radius 1 is 1.25 bits per heavy atom. The second kappa shape index (κ2) is 10.1. The van der Waals surface area contributed by atoms with Gasteiger partial charge in [-0.05, 0) is 69.3 Å². The van der Waals surface area contributed by atoms with Crippen molar-refractivity contribution in [3.63, 3.8) is 0 Å². The first kappa shape index (κ1) is 20.9. The van der Waals surface area contributed by atoms with Crippen molar-refractivity contribution in [2.45, 2.75) is 51.6 Å². The van der Waals surface area contributed by atoms with Gasteiger partial charge in [0.15, 0.2) is 0 Å².